The number of ether oxygens (including phenoxy) is 4. The summed E-state index contributed by atoms with van der Waals surface area (Å²) in [6.07, 6.45) is 2.33. The van der Waals surface area contributed by atoms with Crippen molar-refractivity contribution in [2.75, 3.05) is 26.9 Å². The molecule has 0 aliphatic carbocycles. The third kappa shape index (κ3) is 12.1. The van der Waals surface area contributed by atoms with Crippen LogP contribution >= 0.6 is 0 Å². The number of hydrogen-bond donors (Lipinski definition) is 0. The second kappa shape index (κ2) is 15.8. The summed E-state index contributed by atoms with van der Waals surface area (Å²) in [6.45, 7) is 12.8. The van der Waals surface area contributed by atoms with Crippen LogP contribution in [-0.2, 0) is 38.1 Å². The van der Waals surface area contributed by atoms with Gasteiger partial charge in [0.1, 0.15) is 0 Å². The fraction of sp³-hybridized carbons (Fsp3) is 0.810. The maximum absolute atomic E-state index is 11.3. The molecule has 0 aliphatic rings. The van der Waals surface area contributed by atoms with Gasteiger partial charge in [0.2, 0.25) is 0 Å². The summed E-state index contributed by atoms with van der Waals surface area (Å²) in [5.74, 6) is -1.64. The molecule has 8 heteroatoms. The fourth-order valence-corrected chi connectivity index (χ4v) is 2.16. The average Bonchev–Trinajstić information content (AvgIpc) is 2.67. The van der Waals surface area contributed by atoms with Gasteiger partial charge in [-0.15, -0.1) is 0 Å². The number of hydrogen-bond acceptors (Lipinski definition) is 8. The monoisotopic (exact) mass is 418 g/mol. The highest BCUT2D eigenvalue weighted by atomic mass is 16.6. The van der Waals surface area contributed by atoms with Crippen LogP contribution in [0.4, 0.5) is 0 Å². The highest BCUT2D eigenvalue weighted by molar-refractivity contribution is 5.99. The minimum atomic E-state index is -1.20. The summed E-state index contributed by atoms with van der Waals surface area (Å²) in [5, 5.41) is 0. The Hall–Kier alpha value is -2.12. The number of esters is 4. The Kier molecular flexibility index (Phi) is 15.8. The Morgan fingerprint density at radius 2 is 1.10 bits per heavy atom. The molecule has 0 aliphatic heterocycles. The van der Waals surface area contributed by atoms with E-state index in [1.807, 2.05) is 13.8 Å². The lowest BCUT2D eigenvalue weighted by Crippen LogP contribution is -2.36. The molecule has 8 nitrogen and oxygen atoms in total. The van der Waals surface area contributed by atoms with Crippen molar-refractivity contribution < 1.29 is 38.1 Å². The maximum Gasteiger partial charge on any atom is 0.322 e. The first-order chi connectivity index (χ1) is 13.5. The van der Waals surface area contributed by atoms with Gasteiger partial charge in [-0.1, -0.05) is 20.3 Å². The molecular formula is C21H38O8. The van der Waals surface area contributed by atoms with E-state index in [9.17, 15) is 19.2 Å². The van der Waals surface area contributed by atoms with Gasteiger partial charge in [-0.05, 0) is 47.5 Å². The van der Waals surface area contributed by atoms with Crippen LogP contribution in [0.2, 0.25) is 0 Å². The van der Waals surface area contributed by atoms with E-state index in [0.717, 1.165) is 19.3 Å². The Morgan fingerprint density at radius 1 is 0.724 bits per heavy atom. The van der Waals surface area contributed by atoms with Gasteiger partial charge in [-0.25, -0.2) is 0 Å². The highest BCUT2D eigenvalue weighted by Gasteiger charge is 2.39. The Balaban J connectivity index is 0. The minimum absolute atomic E-state index is 0.0928. The van der Waals surface area contributed by atoms with E-state index in [-0.39, 0.29) is 37.0 Å². The number of rotatable bonds is 11. The van der Waals surface area contributed by atoms with Crippen LogP contribution in [0.15, 0.2) is 0 Å². The standard InChI is InChI=1S/C12H22O4.C9H16O4/c1-5-16-12(14)10(3)8-6-7-9(2)11(13)15-4;1-5-12-7(10)9(3,4)8(11)13-6-2/h9-10H,5-8H2,1-4H3;5-6H2,1-4H3. The van der Waals surface area contributed by atoms with Crippen LogP contribution in [0, 0.1) is 17.3 Å². The molecule has 29 heavy (non-hydrogen) atoms. The Bertz CT molecular complexity index is 493. The lowest BCUT2D eigenvalue weighted by atomic mass is 9.94. The van der Waals surface area contributed by atoms with Gasteiger partial charge in [-0.2, -0.15) is 0 Å². The van der Waals surface area contributed by atoms with Crippen LogP contribution in [0.5, 0.6) is 0 Å². The number of carbonyl (C=O) groups excluding carboxylic acids is 4. The molecule has 2 unspecified atom stereocenters. The molecule has 0 aromatic rings. The van der Waals surface area contributed by atoms with E-state index in [1.165, 1.54) is 21.0 Å². The van der Waals surface area contributed by atoms with Crippen molar-refractivity contribution in [3.8, 4) is 0 Å². The zero-order chi connectivity index (χ0) is 23.0. The van der Waals surface area contributed by atoms with E-state index in [4.69, 9.17) is 14.2 Å². The lowest BCUT2D eigenvalue weighted by Gasteiger charge is -2.19. The molecule has 0 amide bonds. The summed E-state index contributed by atoms with van der Waals surface area (Å²) >= 11 is 0. The molecule has 0 bridgehead atoms. The topological polar surface area (TPSA) is 105 Å². The van der Waals surface area contributed by atoms with Crippen molar-refractivity contribution in [3.05, 3.63) is 0 Å². The van der Waals surface area contributed by atoms with Crippen LogP contribution in [0.1, 0.15) is 67.7 Å². The normalized spacial score (nSPS) is 12.6. The molecule has 0 rings (SSSR count). The first-order valence-electron chi connectivity index (χ1n) is 10.1. The summed E-state index contributed by atoms with van der Waals surface area (Å²) in [5.41, 5.74) is -1.20. The molecule has 0 radical (unpaired) electrons. The van der Waals surface area contributed by atoms with E-state index in [2.05, 4.69) is 4.74 Å². The molecule has 170 valence electrons. The SMILES string of the molecule is CCOC(=O)C(C)(C)C(=O)OCC.CCOC(=O)C(C)CCCC(C)C(=O)OC. The summed E-state index contributed by atoms with van der Waals surface area (Å²) in [7, 11) is 1.39. The van der Waals surface area contributed by atoms with E-state index >= 15 is 0 Å². The molecular weight excluding hydrogens is 380 g/mol. The van der Waals surface area contributed by atoms with Gasteiger partial charge in [-0.3, -0.25) is 19.2 Å². The molecule has 0 saturated carbocycles. The van der Waals surface area contributed by atoms with Gasteiger partial charge in [0, 0.05) is 0 Å². The van der Waals surface area contributed by atoms with E-state index in [0.29, 0.717) is 6.61 Å². The van der Waals surface area contributed by atoms with Gasteiger partial charge in [0.25, 0.3) is 0 Å². The third-order valence-electron chi connectivity index (χ3n) is 4.14. The van der Waals surface area contributed by atoms with Gasteiger partial charge in [0.15, 0.2) is 5.41 Å². The van der Waals surface area contributed by atoms with Crippen LogP contribution in [0.25, 0.3) is 0 Å². The Morgan fingerprint density at radius 3 is 1.45 bits per heavy atom. The highest BCUT2D eigenvalue weighted by Crippen LogP contribution is 2.19. The molecule has 2 atom stereocenters. The van der Waals surface area contributed by atoms with Gasteiger partial charge < -0.3 is 18.9 Å². The summed E-state index contributed by atoms with van der Waals surface area (Å²) in [6, 6.07) is 0. The van der Waals surface area contributed by atoms with Crippen molar-refractivity contribution in [2.45, 2.75) is 67.7 Å². The quantitative estimate of drug-likeness (QED) is 0.286. The number of carbonyl (C=O) groups is 4. The fourth-order valence-electron chi connectivity index (χ4n) is 2.16. The van der Waals surface area contributed by atoms with E-state index in [1.54, 1.807) is 20.8 Å². The molecule has 0 aromatic carbocycles. The molecule has 0 saturated heterocycles. The summed E-state index contributed by atoms with van der Waals surface area (Å²) in [4.78, 5) is 44.9. The minimum Gasteiger partial charge on any atom is -0.469 e. The van der Waals surface area contributed by atoms with Crippen LogP contribution in [-0.4, -0.2) is 50.8 Å². The maximum atomic E-state index is 11.3. The van der Waals surface area contributed by atoms with Crippen molar-refractivity contribution in [2.24, 2.45) is 17.3 Å². The largest absolute Gasteiger partial charge is 0.469 e. The van der Waals surface area contributed by atoms with Gasteiger partial charge in [0.05, 0.1) is 38.8 Å². The zero-order valence-corrected chi connectivity index (χ0v) is 19.2. The molecule has 0 N–H and O–H groups in total. The van der Waals surface area contributed by atoms with Crippen molar-refractivity contribution in [1.82, 2.24) is 0 Å². The first kappa shape index (κ1) is 29.1. The van der Waals surface area contributed by atoms with Crippen molar-refractivity contribution in [3.63, 3.8) is 0 Å². The molecule has 0 aromatic heterocycles. The van der Waals surface area contributed by atoms with Crippen LogP contribution in [0.3, 0.4) is 0 Å². The Labute approximate surface area is 174 Å². The van der Waals surface area contributed by atoms with Gasteiger partial charge >= 0.3 is 23.9 Å². The first-order valence-corrected chi connectivity index (χ1v) is 10.1. The molecule has 0 spiro atoms. The molecule has 0 fully saturated rings. The molecule has 0 heterocycles. The summed E-state index contributed by atoms with van der Waals surface area (Å²) < 4.78 is 19.0. The van der Waals surface area contributed by atoms with Crippen LogP contribution < -0.4 is 0 Å². The van der Waals surface area contributed by atoms with E-state index < -0.39 is 17.4 Å². The second-order valence-corrected chi connectivity index (χ2v) is 7.07. The zero-order valence-electron chi connectivity index (χ0n) is 19.2. The second-order valence-electron chi connectivity index (χ2n) is 7.07. The van der Waals surface area contributed by atoms with Crippen molar-refractivity contribution >= 4 is 23.9 Å². The predicted molar refractivity (Wildman–Crippen MR) is 108 cm³/mol. The number of methoxy groups -OCH3 is 1. The predicted octanol–water partition coefficient (Wildman–Crippen LogP) is 3.30. The lowest BCUT2D eigenvalue weighted by molar-refractivity contribution is -0.169. The third-order valence-corrected chi connectivity index (χ3v) is 4.14. The average molecular weight is 419 g/mol. The van der Waals surface area contributed by atoms with Crippen molar-refractivity contribution in [1.29, 1.82) is 0 Å². The smallest absolute Gasteiger partial charge is 0.322 e.